The Kier molecular flexibility index (Phi) is 4.11. The van der Waals surface area contributed by atoms with Crippen LogP contribution in [0.2, 0.25) is 0 Å². The molecule has 1 amide bonds. The highest BCUT2D eigenvalue weighted by Gasteiger charge is 2.23. The van der Waals surface area contributed by atoms with E-state index in [0.29, 0.717) is 22.8 Å². The van der Waals surface area contributed by atoms with Crippen LogP contribution in [0.1, 0.15) is 59.5 Å². The van der Waals surface area contributed by atoms with Gasteiger partial charge < -0.3 is 9.73 Å². The minimum Gasteiger partial charge on any atom is -0.465 e. The molecule has 0 aliphatic heterocycles. The number of amides is 1. The van der Waals surface area contributed by atoms with Crippen molar-refractivity contribution < 1.29 is 18.0 Å². The predicted molar refractivity (Wildman–Crippen MR) is 73.8 cm³/mol. The van der Waals surface area contributed by atoms with Gasteiger partial charge in [0, 0.05) is 5.92 Å². The normalized spacial score (nSPS) is 11.4. The average Bonchev–Trinajstić information content (AvgIpc) is 2.94. The molecule has 2 rings (SSSR count). The number of aromatic nitrogens is 2. The second-order valence-electron chi connectivity index (χ2n) is 5.14. The fourth-order valence-electron chi connectivity index (χ4n) is 1.96. The van der Waals surface area contributed by atoms with E-state index < -0.39 is 18.0 Å². The molecular formula is C14H17F2N3O2. The molecule has 0 unspecified atom stereocenters. The molecule has 0 saturated heterocycles. The Balaban J connectivity index is 2.28. The zero-order chi connectivity index (χ0) is 15.7. The van der Waals surface area contributed by atoms with Gasteiger partial charge in [0.05, 0.1) is 16.9 Å². The summed E-state index contributed by atoms with van der Waals surface area (Å²) < 4.78 is 31.2. The van der Waals surface area contributed by atoms with Gasteiger partial charge in [0.25, 0.3) is 12.3 Å². The van der Waals surface area contributed by atoms with Gasteiger partial charge in [-0.25, -0.2) is 8.78 Å². The molecule has 5 nitrogen and oxygen atoms in total. The average molecular weight is 297 g/mol. The van der Waals surface area contributed by atoms with Crippen molar-refractivity contribution >= 4 is 11.6 Å². The largest absolute Gasteiger partial charge is 0.465 e. The van der Waals surface area contributed by atoms with Gasteiger partial charge in [-0.2, -0.15) is 5.10 Å². The van der Waals surface area contributed by atoms with Gasteiger partial charge in [-0.1, -0.05) is 13.8 Å². The number of alkyl halides is 2. The first kappa shape index (κ1) is 15.2. The van der Waals surface area contributed by atoms with E-state index in [4.69, 9.17) is 4.42 Å². The van der Waals surface area contributed by atoms with E-state index in [1.165, 1.54) is 0 Å². The molecule has 0 aromatic carbocycles. The molecule has 2 aromatic rings. The highest BCUT2D eigenvalue weighted by molar-refractivity contribution is 6.05. The molecule has 7 heteroatoms. The fourth-order valence-corrected chi connectivity index (χ4v) is 1.96. The smallest absolute Gasteiger partial charge is 0.284 e. The van der Waals surface area contributed by atoms with Crippen LogP contribution in [0.4, 0.5) is 14.5 Å². The van der Waals surface area contributed by atoms with Crippen LogP contribution >= 0.6 is 0 Å². The lowest BCUT2D eigenvalue weighted by Gasteiger charge is -2.05. The molecule has 114 valence electrons. The van der Waals surface area contributed by atoms with E-state index in [-0.39, 0.29) is 11.6 Å². The topological polar surface area (TPSA) is 70.9 Å². The van der Waals surface area contributed by atoms with Crippen molar-refractivity contribution in [3.05, 3.63) is 34.5 Å². The van der Waals surface area contributed by atoms with Crippen LogP contribution in [0, 0.1) is 13.8 Å². The first-order valence-corrected chi connectivity index (χ1v) is 6.56. The van der Waals surface area contributed by atoms with E-state index in [1.54, 1.807) is 19.9 Å². The van der Waals surface area contributed by atoms with E-state index in [2.05, 4.69) is 15.5 Å². The van der Waals surface area contributed by atoms with E-state index in [9.17, 15) is 13.6 Å². The first-order valence-electron chi connectivity index (χ1n) is 6.56. The van der Waals surface area contributed by atoms with E-state index in [0.717, 1.165) is 0 Å². The Labute approximate surface area is 120 Å². The predicted octanol–water partition coefficient (Wildman–Crippen LogP) is 3.93. The van der Waals surface area contributed by atoms with Gasteiger partial charge in [0.15, 0.2) is 5.69 Å². The Bertz CT molecular complexity index is 659. The van der Waals surface area contributed by atoms with Gasteiger partial charge >= 0.3 is 0 Å². The highest BCUT2D eigenvalue weighted by atomic mass is 19.3. The first-order chi connectivity index (χ1) is 9.81. The maximum Gasteiger partial charge on any atom is 0.284 e. The third-order valence-corrected chi connectivity index (χ3v) is 3.17. The van der Waals surface area contributed by atoms with E-state index in [1.807, 2.05) is 13.8 Å². The van der Waals surface area contributed by atoms with Crippen molar-refractivity contribution in [2.45, 2.75) is 40.0 Å². The van der Waals surface area contributed by atoms with Gasteiger partial charge in [-0.15, -0.1) is 0 Å². The molecule has 0 aliphatic carbocycles. The number of anilines is 1. The Morgan fingerprint density at radius 1 is 1.38 bits per heavy atom. The number of hydrogen-bond donors (Lipinski definition) is 2. The molecule has 21 heavy (non-hydrogen) atoms. The molecule has 2 heterocycles. The summed E-state index contributed by atoms with van der Waals surface area (Å²) in [5, 5.41) is 8.43. The van der Waals surface area contributed by atoms with Crippen LogP contribution in [0.5, 0.6) is 0 Å². The summed E-state index contributed by atoms with van der Waals surface area (Å²) >= 11 is 0. The van der Waals surface area contributed by atoms with Crippen molar-refractivity contribution in [1.82, 2.24) is 10.2 Å². The number of halogens is 2. The Morgan fingerprint density at radius 3 is 2.57 bits per heavy atom. The summed E-state index contributed by atoms with van der Waals surface area (Å²) in [6.07, 6.45) is -2.76. The molecule has 0 fully saturated rings. The highest BCUT2D eigenvalue weighted by Crippen LogP contribution is 2.29. The molecule has 2 aromatic heterocycles. The number of rotatable bonds is 4. The molecular weight excluding hydrogens is 280 g/mol. The van der Waals surface area contributed by atoms with Crippen molar-refractivity contribution in [1.29, 1.82) is 0 Å². The molecule has 0 atom stereocenters. The maximum atomic E-state index is 12.8. The number of furan rings is 1. The van der Waals surface area contributed by atoms with Crippen LogP contribution < -0.4 is 5.32 Å². The lowest BCUT2D eigenvalue weighted by atomic mass is 10.1. The summed E-state index contributed by atoms with van der Waals surface area (Å²) in [5.41, 5.74) is 0.260. The van der Waals surface area contributed by atoms with Gasteiger partial charge in [-0.3, -0.25) is 9.89 Å². The van der Waals surface area contributed by atoms with Crippen LogP contribution in [-0.2, 0) is 0 Å². The quantitative estimate of drug-likeness (QED) is 0.898. The number of aromatic amines is 1. The zero-order valence-electron chi connectivity index (χ0n) is 12.3. The van der Waals surface area contributed by atoms with Crippen molar-refractivity contribution in [3.8, 4) is 0 Å². The van der Waals surface area contributed by atoms with Gasteiger partial charge in [0.1, 0.15) is 11.5 Å². The van der Waals surface area contributed by atoms with Crippen LogP contribution in [-0.4, -0.2) is 16.1 Å². The summed E-state index contributed by atoms with van der Waals surface area (Å²) in [4.78, 5) is 12.2. The van der Waals surface area contributed by atoms with Crippen LogP contribution in [0.15, 0.2) is 10.5 Å². The molecule has 0 radical (unpaired) electrons. The number of carbonyl (C=O) groups excluding carboxylic acids is 1. The summed E-state index contributed by atoms with van der Waals surface area (Å²) in [6, 6.07) is 1.63. The van der Waals surface area contributed by atoms with Crippen molar-refractivity contribution in [3.63, 3.8) is 0 Å². The third-order valence-electron chi connectivity index (χ3n) is 3.17. The lowest BCUT2D eigenvalue weighted by Crippen LogP contribution is -2.14. The van der Waals surface area contributed by atoms with E-state index >= 15 is 0 Å². The maximum absolute atomic E-state index is 12.8. The summed E-state index contributed by atoms with van der Waals surface area (Å²) in [5.74, 6) is 0.777. The fraction of sp³-hybridized carbons (Fsp3) is 0.429. The second kappa shape index (κ2) is 5.67. The SMILES string of the molecule is Cc1[nH]nc(C(F)F)c1NC(=O)c1cc(C(C)C)oc1C. The van der Waals surface area contributed by atoms with Gasteiger partial charge in [0.2, 0.25) is 0 Å². The summed E-state index contributed by atoms with van der Waals surface area (Å²) in [6.45, 7) is 7.11. The number of H-pyrrole nitrogens is 1. The second-order valence-corrected chi connectivity index (χ2v) is 5.14. The molecule has 0 saturated carbocycles. The Morgan fingerprint density at radius 2 is 2.05 bits per heavy atom. The lowest BCUT2D eigenvalue weighted by molar-refractivity contribution is 0.102. The zero-order valence-corrected chi connectivity index (χ0v) is 12.3. The summed E-state index contributed by atoms with van der Waals surface area (Å²) in [7, 11) is 0. The number of nitrogens with one attached hydrogen (secondary N) is 2. The molecule has 0 aliphatic rings. The standard InChI is InChI=1S/C14H17F2N3O2/c1-6(2)10-5-9(8(4)21-10)14(20)17-11-7(3)18-19-12(11)13(15)16/h5-6,13H,1-4H3,(H,17,20)(H,18,19). The molecule has 2 N–H and O–H groups in total. The third kappa shape index (κ3) is 2.96. The minimum absolute atomic E-state index is 0.0155. The number of aryl methyl sites for hydroxylation is 2. The van der Waals surface area contributed by atoms with Crippen LogP contribution in [0.3, 0.4) is 0 Å². The van der Waals surface area contributed by atoms with Crippen molar-refractivity contribution in [2.24, 2.45) is 0 Å². The Hall–Kier alpha value is -2.18. The van der Waals surface area contributed by atoms with Crippen molar-refractivity contribution in [2.75, 3.05) is 5.32 Å². The van der Waals surface area contributed by atoms with Gasteiger partial charge in [-0.05, 0) is 19.9 Å². The number of nitrogens with zero attached hydrogens (tertiary/aromatic N) is 1. The minimum atomic E-state index is -2.76. The van der Waals surface area contributed by atoms with Crippen LogP contribution in [0.25, 0.3) is 0 Å². The molecule has 0 spiro atoms. The number of hydrogen-bond acceptors (Lipinski definition) is 3. The monoisotopic (exact) mass is 297 g/mol. The molecule has 0 bridgehead atoms. The number of carbonyl (C=O) groups is 1.